The van der Waals surface area contributed by atoms with Gasteiger partial charge in [0.2, 0.25) is 5.16 Å². The van der Waals surface area contributed by atoms with Crippen LogP contribution in [0.25, 0.3) is 0 Å². The largest absolute Gasteiger partial charge is 0.262 e. The van der Waals surface area contributed by atoms with Gasteiger partial charge in [0.1, 0.15) is 5.82 Å². The van der Waals surface area contributed by atoms with E-state index in [9.17, 15) is 0 Å². The van der Waals surface area contributed by atoms with E-state index in [0.717, 1.165) is 16.7 Å². The summed E-state index contributed by atoms with van der Waals surface area (Å²) in [6, 6.07) is 0. The first-order valence-electron chi connectivity index (χ1n) is 5.79. The minimum atomic E-state index is 0.437. The zero-order chi connectivity index (χ0) is 11.1. The second kappa shape index (κ2) is 6.88. The predicted molar refractivity (Wildman–Crippen MR) is 65.3 cm³/mol. The lowest BCUT2D eigenvalue weighted by molar-refractivity contribution is 0.706. The van der Waals surface area contributed by atoms with Gasteiger partial charge in [-0.15, -0.1) is 5.10 Å². The highest BCUT2D eigenvalue weighted by atomic mass is 32.2. The molecule has 4 heteroatoms. The molecule has 0 saturated heterocycles. The third-order valence-electron chi connectivity index (χ3n) is 2.26. The lowest BCUT2D eigenvalue weighted by atomic mass is 10.2. The second-order valence-corrected chi connectivity index (χ2v) is 5.13. The fraction of sp³-hybridized carbons (Fsp3) is 0.818. The van der Waals surface area contributed by atoms with Gasteiger partial charge in [0.15, 0.2) is 0 Å². The molecule has 0 bridgehead atoms. The molecule has 0 atom stereocenters. The van der Waals surface area contributed by atoms with Crippen LogP contribution in [-0.2, 0) is 0 Å². The van der Waals surface area contributed by atoms with Crippen molar-refractivity contribution in [3.8, 4) is 0 Å². The Morgan fingerprint density at radius 2 is 2.07 bits per heavy atom. The number of aromatic nitrogens is 3. The Balaban J connectivity index is 2.20. The van der Waals surface area contributed by atoms with E-state index in [1.54, 1.807) is 11.8 Å². The van der Waals surface area contributed by atoms with Crippen LogP contribution in [0.4, 0.5) is 0 Å². The van der Waals surface area contributed by atoms with Gasteiger partial charge < -0.3 is 0 Å². The van der Waals surface area contributed by atoms with Gasteiger partial charge in [-0.05, 0) is 6.42 Å². The van der Waals surface area contributed by atoms with Gasteiger partial charge in [-0.1, -0.05) is 51.8 Å². The van der Waals surface area contributed by atoms with Gasteiger partial charge in [0.25, 0.3) is 0 Å². The monoisotopic (exact) mass is 227 g/mol. The molecule has 0 amide bonds. The Labute approximate surface area is 96.5 Å². The molecule has 0 aliphatic rings. The van der Waals surface area contributed by atoms with E-state index in [0.29, 0.717) is 5.92 Å². The first-order chi connectivity index (χ1) is 7.24. The van der Waals surface area contributed by atoms with Crippen LogP contribution in [0.5, 0.6) is 0 Å². The van der Waals surface area contributed by atoms with Crippen molar-refractivity contribution in [1.82, 2.24) is 15.2 Å². The number of H-pyrrole nitrogens is 1. The minimum absolute atomic E-state index is 0.437. The molecule has 1 aromatic rings. The number of nitrogens with zero attached hydrogens (tertiary/aromatic N) is 2. The molecule has 1 rings (SSSR count). The van der Waals surface area contributed by atoms with E-state index >= 15 is 0 Å². The fourth-order valence-corrected chi connectivity index (χ4v) is 2.08. The average molecular weight is 227 g/mol. The molecule has 1 N–H and O–H groups in total. The number of hydrogen-bond donors (Lipinski definition) is 1. The quantitative estimate of drug-likeness (QED) is 0.571. The Kier molecular flexibility index (Phi) is 5.76. The van der Waals surface area contributed by atoms with Crippen molar-refractivity contribution in [2.75, 3.05) is 5.75 Å². The van der Waals surface area contributed by atoms with Gasteiger partial charge in [-0.25, -0.2) is 4.98 Å². The molecule has 15 heavy (non-hydrogen) atoms. The molecule has 0 aliphatic heterocycles. The molecular formula is C11H21N3S. The van der Waals surface area contributed by atoms with Crippen LogP contribution in [0.2, 0.25) is 0 Å². The summed E-state index contributed by atoms with van der Waals surface area (Å²) in [5, 5.41) is 8.06. The molecule has 0 aromatic carbocycles. The van der Waals surface area contributed by atoms with Gasteiger partial charge >= 0.3 is 0 Å². The van der Waals surface area contributed by atoms with Crippen molar-refractivity contribution >= 4 is 11.8 Å². The zero-order valence-corrected chi connectivity index (χ0v) is 10.7. The predicted octanol–water partition coefficient (Wildman–Crippen LogP) is 3.60. The van der Waals surface area contributed by atoms with Gasteiger partial charge in [-0.2, -0.15) is 0 Å². The van der Waals surface area contributed by atoms with Gasteiger partial charge in [-0.3, -0.25) is 5.10 Å². The molecular weight excluding hydrogens is 206 g/mol. The van der Waals surface area contributed by atoms with Crippen LogP contribution >= 0.6 is 11.8 Å². The van der Waals surface area contributed by atoms with Crippen LogP contribution < -0.4 is 0 Å². The van der Waals surface area contributed by atoms with Crippen LogP contribution in [0, 0.1) is 0 Å². The molecule has 3 nitrogen and oxygen atoms in total. The topological polar surface area (TPSA) is 41.6 Å². The summed E-state index contributed by atoms with van der Waals surface area (Å²) in [5.41, 5.74) is 0. The van der Waals surface area contributed by atoms with Crippen molar-refractivity contribution in [3.63, 3.8) is 0 Å². The SMILES string of the molecule is CCCCCCSc1n[nH]c(C(C)C)n1. The Hall–Kier alpha value is -0.510. The summed E-state index contributed by atoms with van der Waals surface area (Å²) < 4.78 is 0. The number of rotatable bonds is 7. The van der Waals surface area contributed by atoms with E-state index in [2.05, 4.69) is 36.0 Å². The summed E-state index contributed by atoms with van der Waals surface area (Å²) in [6.45, 7) is 6.48. The Morgan fingerprint density at radius 1 is 1.27 bits per heavy atom. The third kappa shape index (κ3) is 4.69. The third-order valence-corrected chi connectivity index (χ3v) is 3.19. The zero-order valence-electron chi connectivity index (χ0n) is 9.92. The molecule has 0 aliphatic carbocycles. The highest BCUT2D eigenvalue weighted by Crippen LogP contribution is 2.17. The van der Waals surface area contributed by atoms with E-state index in [-0.39, 0.29) is 0 Å². The smallest absolute Gasteiger partial charge is 0.208 e. The highest BCUT2D eigenvalue weighted by molar-refractivity contribution is 7.99. The van der Waals surface area contributed by atoms with Crippen molar-refractivity contribution in [2.24, 2.45) is 0 Å². The number of hydrogen-bond acceptors (Lipinski definition) is 3. The van der Waals surface area contributed by atoms with Crippen molar-refractivity contribution in [1.29, 1.82) is 0 Å². The maximum absolute atomic E-state index is 4.42. The lowest BCUT2D eigenvalue weighted by Gasteiger charge is -1.97. The van der Waals surface area contributed by atoms with E-state index in [4.69, 9.17) is 0 Å². The van der Waals surface area contributed by atoms with Crippen LogP contribution in [0.15, 0.2) is 5.16 Å². The summed E-state index contributed by atoms with van der Waals surface area (Å²) in [7, 11) is 0. The van der Waals surface area contributed by atoms with E-state index < -0.39 is 0 Å². The number of unbranched alkanes of at least 4 members (excludes halogenated alkanes) is 3. The fourth-order valence-electron chi connectivity index (χ4n) is 1.27. The van der Waals surface area contributed by atoms with Crippen molar-refractivity contribution < 1.29 is 0 Å². The molecule has 1 heterocycles. The van der Waals surface area contributed by atoms with Crippen LogP contribution in [-0.4, -0.2) is 20.9 Å². The Morgan fingerprint density at radius 3 is 2.67 bits per heavy atom. The van der Waals surface area contributed by atoms with Crippen LogP contribution in [0.1, 0.15) is 58.2 Å². The maximum Gasteiger partial charge on any atom is 0.208 e. The molecule has 0 spiro atoms. The summed E-state index contributed by atoms with van der Waals surface area (Å²) in [4.78, 5) is 4.42. The Bertz CT molecular complexity index is 271. The van der Waals surface area contributed by atoms with E-state index in [1.807, 2.05) is 0 Å². The molecule has 1 aromatic heterocycles. The molecule has 0 radical (unpaired) electrons. The lowest BCUT2D eigenvalue weighted by Crippen LogP contribution is -1.89. The number of thioether (sulfide) groups is 1. The van der Waals surface area contributed by atoms with E-state index in [1.165, 1.54) is 25.7 Å². The first kappa shape index (κ1) is 12.6. The molecule has 0 saturated carbocycles. The maximum atomic E-state index is 4.42. The standard InChI is InChI=1S/C11H21N3S/c1-4-5-6-7-8-15-11-12-10(9(2)3)13-14-11/h9H,4-8H2,1-3H3,(H,12,13,14). The van der Waals surface area contributed by atoms with Gasteiger partial charge in [0.05, 0.1) is 0 Å². The summed E-state index contributed by atoms with van der Waals surface area (Å²) >= 11 is 1.76. The summed E-state index contributed by atoms with van der Waals surface area (Å²) in [5.74, 6) is 2.56. The van der Waals surface area contributed by atoms with Crippen molar-refractivity contribution in [2.45, 2.75) is 57.5 Å². The van der Waals surface area contributed by atoms with Crippen LogP contribution in [0.3, 0.4) is 0 Å². The average Bonchev–Trinajstić information content (AvgIpc) is 2.66. The summed E-state index contributed by atoms with van der Waals surface area (Å²) in [6.07, 6.45) is 5.23. The number of aromatic amines is 1. The number of nitrogens with one attached hydrogen (secondary N) is 1. The minimum Gasteiger partial charge on any atom is -0.262 e. The van der Waals surface area contributed by atoms with Crippen molar-refractivity contribution in [3.05, 3.63) is 5.82 Å². The normalized spacial score (nSPS) is 11.2. The molecule has 0 fully saturated rings. The molecule has 0 unspecified atom stereocenters. The second-order valence-electron chi connectivity index (χ2n) is 4.07. The van der Waals surface area contributed by atoms with Gasteiger partial charge in [0, 0.05) is 11.7 Å². The first-order valence-corrected chi connectivity index (χ1v) is 6.77. The highest BCUT2D eigenvalue weighted by Gasteiger charge is 2.06. The molecule has 86 valence electrons.